The third-order valence-electron chi connectivity index (χ3n) is 2.56. The average Bonchev–Trinajstić information content (AvgIpc) is 2.48. The molecule has 0 amide bonds. The van der Waals surface area contributed by atoms with E-state index in [1.54, 1.807) is 30.3 Å². The third kappa shape index (κ3) is 5.54. The van der Waals surface area contributed by atoms with Gasteiger partial charge < -0.3 is 14.8 Å². The van der Waals surface area contributed by atoms with Gasteiger partial charge in [-0.1, -0.05) is 34.8 Å². The van der Waals surface area contributed by atoms with Crippen LogP contribution in [0.5, 0.6) is 5.75 Å². The Morgan fingerprint density at radius 2 is 1.64 bits per heavy atom. The van der Waals surface area contributed by atoms with Gasteiger partial charge in [-0.05, 0) is 54.7 Å². The van der Waals surface area contributed by atoms with Crippen molar-refractivity contribution in [2.24, 2.45) is 0 Å². The lowest BCUT2D eigenvalue weighted by Gasteiger charge is -2.11. The fourth-order valence-electron chi connectivity index (χ4n) is 1.57. The molecule has 0 unspecified atom stereocenters. The van der Waals surface area contributed by atoms with Crippen molar-refractivity contribution in [2.75, 3.05) is 18.5 Å². The summed E-state index contributed by atoms with van der Waals surface area (Å²) in [6.45, 7) is 0.599. The maximum Gasteiger partial charge on any atom is 0.261 e. The molecule has 2 rings (SSSR count). The molecule has 0 aromatic heterocycles. The van der Waals surface area contributed by atoms with Crippen LogP contribution < -0.4 is 10.1 Å². The molecule has 0 heterocycles. The van der Waals surface area contributed by atoms with E-state index in [9.17, 15) is 0 Å². The van der Waals surface area contributed by atoms with Gasteiger partial charge in [-0.15, -0.1) is 0 Å². The maximum absolute atomic E-state index is 5.99. The zero-order valence-electron chi connectivity index (χ0n) is 11.3. The first kappa shape index (κ1) is 17.2. The monoisotopic (exact) mass is 375 g/mol. The number of rotatable bonds is 5. The second-order valence-corrected chi connectivity index (χ2v) is 5.84. The van der Waals surface area contributed by atoms with Crippen molar-refractivity contribution >= 4 is 57.9 Å². The van der Waals surface area contributed by atoms with Gasteiger partial charge in [-0.25, -0.2) is 0 Å². The Labute approximate surface area is 149 Å². The van der Waals surface area contributed by atoms with Gasteiger partial charge in [-0.3, -0.25) is 0 Å². The van der Waals surface area contributed by atoms with E-state index in [1.165, 1.54) is 0 Å². The quantitative estimate of drug-likeness (QED) is 0.556. The smallest absolute Gasteiger partial charge is 0.261 e. The van der Waals surface area contributed by atoms with Gasteiger partial charge in [0.1, 0.15) is 19.0 Å². The highest BCUT2D eigenvalue weighted by atomic mass is 35.5. The Morgan fingerprint density at radius 3 is 2.32 bits per heavy atom. The summed E-state index contributed by atoms with van der Waals surface area (Å²) < 4.78 is 10.8. The van der Waals surface area contributed by atoms with E-state index in [1.807, 2.05) is 12.1 Å². The summed E-state index contributed by atoms with van der Waals surface area (Å²) in [5.74, 6) is 0.547. The summed E-state index contributed by atoms with van der Waals surface area (Å²) in [5.41, 5.74) is 0.802. The summed E-state index contributed by atoms with van der Waals surface area (Å²) in [4.78, 5) is 0. The van der Waals surface area contributed by atoms with Crippen LogP contribution >= 0.6 is 47.0 Å². The fraction of sp³-hybridized carbons (Fsp3) is 0.133. The van der Waals surface area contributed by atoms with Crippen LogP contribution in [0.4, 0.5) is 5.69 Å². The normalized spacial score (nSPS) is 10.1. The Hall–Kier alpha value is -1.20. The predicted molar refractivity (Wildman–Crippen MR) is 95.6 cm³/mol. The molecule has 2 aromatic carbocycles. The topological polar surface area (TPSA) is 30.5 Å². The molecular weight excluding hydrogens is 365 g/mol. The van der Waals surface area contributed by atoms with Crippen LogP contribution in [-0.2, 0) is 4.74 Å². The number of hydrogen-bond donors (Lipinski definition) is 1. The Bertz CT molecular complexity index is 650. The van der Waals surface area contributed by atoms with E-state index in [2.05, 4.69) is 5.32 Å². The molecule has 3 nitrogen and oxygen atoms in total. The highest BCUT2D eigenvalue weighted by molar-refractivity contribution is 7.80. The van der Waals surface area contributed by atoms with Crippen LogP contribution in [0.3, 0.4) is 0 Å². The summed E-state index contributed by atoms with van der Waals surface area (Å²) in [5, 5.41) is 4.86. The maximum atomic E-state index is 5.99. The largest absolute Gasteiger partial charge is 0.488 e. The lowest BCUT2D eigenvalue weighted by Crippen LogP contribution is -2.17. The summed E-state index contributed by atoms with van der Waals surface area (Å²) in [6.07, 6.45) is 0. The predicted octanol–water partition coefficient (Wildman–Crippen LogP) is 5.44. The van der Waals surface area contributed by atoms with Crippen molar-refractivity contribution < 1.29 is 9.47 Å². The van der Waals surface area contributed by atoms with Crippen LogP contribution in [0.25, 0.3) is 0 Å². The minimum Gasteiger partial charge on any atom is -0.488 e. The molecule has 0 aliphatic heterocycles. The molecule has 0 fully saturated rings. The Morgan fingerprint density at radius 1 is 0.955 bits per heavy atom. The van der Waals surface area contributed by atoms with Crippen molar-refractivity contribution in [1.82, 2.24) is 0 Å². The summed E-state index contributed by atoms with van der Waals surface area (Å²) in [7, 11) is 0. The number of thiocarbonyl (C=S) groups is 1. The highest BCUT2D eigenvalue weighted by Crippen LogP contribution is 2.27. The van der Waals surface area contributed by atoms with Gasteiger partial charge in [0.05, 0.1) is 5.02 Å². The minimum absolute atomic E-state index is 0.258. The molecule has 0 radical (unpaired) electrons. The van der Waals surface area contributed by atoms with Gasteiger partial charge in [0.25, 0.3) is 5.17 Å². The second kappa shape index (κ2) is 8.44. The molecule has 0 bridgehead atoms. The van der Waals surface area contributed by atoms with Crippen molar-refractivity contribution in [3.8, 4) is 5.75 Å². The van der Waals surface area contributed by atoms with E-state index in [0.29, 0.717) is 34.0 Å². The summed E-state index contributed by atoms with van der Waals surface area (Å²) >= 11 is 22.7. The van der Waals surface area contributed by atoms with Crippen LogP contribution in [0.1, 0.15) is 0 Å². The second-order valence-electron chi connectivity index (χ2n) is 4.19. The molecule has 1 N–H and O–H groups in total. The lowest BCUT2D eigenvalue weighted by molar-refractivity contribution is 0.212. The average molecular weight is 377 g/mol. The van der Waals surface area contributed by atoms with Crippen LogP contribution in [-0.4, -0.2) is 18.4 Å². The van der Waals surface area contributed by atoms with Crippen molar-refractivity contribution in [2.45, 2.75) is 0 Å². The molecule has 22 heavy (non-hydrogen) atoms. The number of benzene rings is 2. The first-order valence-electron chi connectivity index (χ1n) is 6.32. The van der Waals surface area contributed by atoms with Gasteiger partial charge in [0.2, 0.25) is 0 Å². The molecule has 0 saturated carbocycles. The minimum atomic E-state index is 0.258. The van der Waals surface area contributed by atoms with Crippen molar-refractivity contribution in [1.29, 1.82) is 0 Å². The molecule has 7 heteroatoms. The molecule has 0 aliphatic rings. The van der Waals surface area contributed by atoms with Gasteiger partial charge in [-0.2, -0.15) is 0 Å². The number of anilines is 1. The SMILES string of the molecule is S=C(Nc1ccc(Cl)cc1)OCCOc1ccc(Cl)cc1Cl. The van der Waals surface area contributed by atoms with Crippen molar-refractivity contribution in [3.63, 3.8) is 0 Å². The molecular formula is C15H12Cl3NO2S. The van der Waals surface area contributed by atoms with Crippen molar-refractivity contribution in [3.05, 3.63) is 57.5 Å². The Balaban J connectivity index is 1.72. The van der Waals surface area contributed by atoms with Gasteiger partial charge in [0.15, 0.2) is 0 Å². The first-order valence-corrected chi connectivity index (χ1v) is 7.86. The Kier molecular flexibility index (Phi) is 6.58. The van der Waals surface area contributed by atoms with Crippen LogP contribution in [0, 0.1) is 0 Å². The number of nitrogens with one attached hydrogen (secondary N) is 1. The van der Waals surface area contributed by atoms with Crippen LogP contribution in [0.15, 0.2) is 42.5 Å². The van der Waals surface area contributed by atoms with E-state index in [4.69, 9.17) is 56.5 Å². The molecule has 0 aliphatic carbocycles. The lowest BCUT2D eigenvalue weighted by atomic mass is 10.3. The molecule has 116 valence electrons. The van der Waals surface area contributed by atoms with Crippen LogP contribution in [0.2, 0.25) is 15.1 Å². The summed E-state index contributed by atoms with van der Waals surface area (Å²) in [6, 6.07) is 12.2. The zero-order valence-corrected chi connectivity index (χ0v) is 14.4. The molecule has 2 aromatic rings. The highest BCUT2D eigenvalue weighted by Gasteiger charge is 2.03. The number of ether oxygens (including phenoxy) is 2. The van der Waals surface area contributed by atoms with E-state index in [0.717, 1.165) is 5.69 Å². The molecule has 0 saturated heterocycles. The first-order chi connectivity index (χ1) is 10.5. The van der Waals surface area contributed by atoms with Gasteiger partial charge >= 0.3 is 0 Å². The number of hydrogen-bond acceptors (Lipinski definition) is 3. The number of halogens is 3. The van der Waals surface area contributed by atoms with Gasteiger partial charge in [0, 0.05) is 15.7 Å². The standard InChI is InChI=1S/C15H12Cl3NO2S/c16-10-1-4-12(5-2-10)19-15(22)21-8-7-20-14-6-3-11(17)9-13(14)18/h1-6,9H,7-8H2,(H,19,22). The fourth-order valence-corrected chi connectivity index (χ4v) is 2.36. The third-order valence-corrected chi connectivity index (χ3v) is 3.56. The van der Waals surface area contributed by atoms with E-state index >= 15 is 0 Å². The molecule has 0 spiro atoms. The van der Waals surface area contributed by atoms with E-state index in [-0.39, 0.29) is 5.17 Å². The zero-order chi connectivity index (χ0) is 15.9. The van der Waals surface area contributed by atoms with E-state index < -0.39 is 0 Å². The molecule has 0 atom stereocenters.